The highest BCUT2D eigenvalue weighted by atomic mass is 16.5. The third-order valence-corrected chi connectivity index (χ3v) is 5.61. The first-order valence-electron chi connectivity index (χ1n) is 12.6. The molecule has 0 bridgehead atoms. The largest absolute Gasteiger partial charge is 0.493 e. The van der Waals surface area contributed by atoms with E-state index in [4.69, 9.17) is 9.47 Å². The van der Waals surface area contributed by atoms with Crippen LogP contribution in [0, 0.1) is 11.3 Å². The summed E-state index contributed by atoms with van der Waals surface area (Å²) in [6, 6.07) is 5.47. The van der Waals surface area contributed by atoms with E-state index in [-0.39, 0.29) is 17.5 Å². The monoisotopic (exact) mass is 488 g/mol. The van der Waals surface area contributed by atoms with Gasteiger partial charge in [0.05, 0.1) is 30.8 Å². The average molecular weight is 489 g/mol. The molecule has 0 spiro atoms. The molecule has 0 radical (unpaired) electrons. The number of ether oxygens (including phenoxy) is 2. The van der Waals surface area contributed by atoms with E-state index in [2.05, 4.69) is 41.5 Å². The second-order valence-electron chi connectivity index (χ2n) is 11.9. The maximum absolute atomic E-state index is 13.8. The van der Waals surface area contributed by atoms with E-state index < -0.39 is 11.6 Å². The predicted octanol–water partition coefficient (Wildman–Crippen LogP) is 6.54. The van der Waals surface area contributed by atoms with Gasteiger partial charge in [0.15, 0.2) is 0 Å². The lowest BCUT2D eigenvalue weighted by Crippen LogP contribution is -2.45. The van der Waals surface area contributed by atoms with Gasteiger partial charge in [-0.05, 0) is 56.7 Å². The van der Waals surface area contributed by atoms with Gasteiger partial charge in [0.25, 0.3) is 5.56 Å². The molecule has 1 amide bonds. The number of benzene rings is 1. The van der Waals surface area contributed by atoms with Crippen LogP contribution >= 0.6 is 0 Å². The van der Waals surface area contributed by atoms with Crippen LogP contribution in [0.4, 0.5) is 4.79 Å². The van der Waals surface area contributed by atoms with E-state index in [1.807, 2.05) is 32.9 Å². The lowest BCUT2D eigenvalue weighted by molar-refractivity contribution is 0.0924. The summed E-state index contributed by atoms with van der Waals surface area (Å²) in [5, 5.41) is 11.2. The fourth-order valence-corrected chi connectivity index (χ4v) is 3.82. The van der Waals surface area contributed by atoms with Gasteiger partial charge in [-0.25, -0.2) is 4.79 Å². The number of carboxylic acid groups (broad SMARTS) is 1. The second-order valence-corrected chi connectivity index (χ2v) is 11.9. The lowest BCUT2D eigenvalue weighted by atomic mass is 9.96. The molecule has 0 aliphatic heterocycles. The molecular formula is C28H44N2O5. The number of unbranched alkanes of at least 4 members (excludes halogenated alkanes) is 1. The van der Waals surface area contributed by atoms with Crippen molar-refractivity contribution >= 4 is 16.9 Å². The molecule has 0 saturated carbocycles. The Morgan fingerprint density at radius 1 is 1.09 bits per heavy atom. The summed E-state index contributed by atoms with van der Waals surface area (Å²) < 4.78 is 14.0. The minimum atomic E-state index is -1.04. The SMILES string of the molecule is CCCCOc1c(CN(C(=O)O)C(C)(C)C)n(CC(C)(C)C)c(=O)c2ccc(OCC(C)C)cc12. The van der Waals surface area contributed by atoms with E-state index in [1.165, 1.54) is 4.90 Å². The summed E-state index contributed by atoms with van der Waals surface area (Å²) in [7, 11) is 0. The summed E-state index contributed by atoms with van der Waals surface area (Å²) in [4.78, 5) is 27.4. The average Bonchev–Trinajstić information content (AvgIpc) is 2.72. The van der Waals surface area contributed by atoms with Crippen LogP contribution in [-0.4, -0.2) is 39.4 Å². The topological polar surface area (TPSA) is 81.0 Å². The molecule has 2 rings (SSSR count). The van der Waals surface area contributed by atoms with Gasteiger partial charge < -0.3 is 19.1 Å². The number of nitrogens with zero attached hydrogens (tertiary/aromatic N) is 2. The molecule has 1 aromatic carbocycles. The summed E-state index contributed by atoms with van der Waals surface area (Å²) >= 11 is 0. The van der Waals surface area contributed by atoms with Crippen LogP contribution < -0.4 is 15.0 Å². The zero-order valence-corrected chi connectivity index (χ0v) is 23.0. The van der Waals surface area contributed by atoms with Crippen LogP contribution in [0.3, 0.4) is 0 Å². The molecule has 7 nitrogen and oxygen atoms in total. The molecule has 0 atom stereocenters. The van der Waals surface area contributed by atoms with E-state index >= 15 is 0 Å². The van der Waals surface area contributed by atoms with Crippen molar-refractivity contribution in [3.8, 4) is 11.5 Å². The Labute approximate surface area is 210 Å². The zero-order chi connectivity index (χ0) is 26.6. The number of rotatable bonds is 10. The Balaban J connectivity index is 2.86. The lowest BCUT2D eigenvalue weighted by Gasteiger charge is -2.35. The van der Waals surface area contributed by atoms with Gasteiger partial charge in [0, 0.05) is 17.5 Å². The predicted molar refractivity (Wildman–Crippen MR) is 142 cm³/mol. The van der Waals surface area contributed by atoms with Crippen molar-refractivity contribution in [1.82, 2.24) is 9.47 Å². The fourth-order valence-electron chi connectivity index (χ4n) is 3.82. The number of aromatic nitrogens is 1. The maximum Gasteiger partial charge on any atom is 0.408 e. The van der Waals surface area contributed by atoms with Crippen molar-refractivity contribution in [2.75, 3.05) is 13.2 Å². The van der Waals surface area contributed by atoms with Crippen LogP contribution in [0.2, 0.25) is 0 Å². The molecule has 1 aromatic heterocycles. The van der Waals surface area contributed by atoms with Crippen molar-refractivity contribution < 1.29 is 19.4 Å². The molecule has 7 heteroatoms. The van der Waals surface area contributed by atoms with E-state index in [0.717, 1.165) is 12.8 Å². The molecule has 0 aliphatic rings. The third-order valence-electron chi connectivity index (χ3n) is 5.61. The molecule has 0 fully saturated rings. The van der Waals surface area contributed by atoms with Crippen LogP contribution in [0.1, 0.15) is 80.8 Å². The third kappa shape index (κ3) is 7.64. The van der Waals surface area contributed by atoms with Crippen molar-refractivity contribution in [3.63, 3.8) is 0 Å². The fraction of sp³-hybridized carbons (Fsp3) is 0.643. The molecule has 0 saturated heterocycles. The van der Waals surface area contributed by atoms with E-state index in [0.29, 0.717) is 53.6 Å². The van der Waals surface area contributed by atoms with Crippen molar-refractivity contribution in [1.29, 1.82) is 0 Å². The van der Waals surface area contributed by atoms with Gasteiger partial charge in [-0.2, -0.15) is 0 Å². The van der Waals surface area contributed by atoms with Gasteiger partial charge in [0.1, 0.15) is 11.5 Å². The number of fused-ring (bicyclic) bond motifs is 1. The first kappa shape index (κ1) is 28.5. The Kier molecular flexibility index (Phi) is 9.26. The Bertz CT molecular complexity index is 1070. The minimum Gasteiger partial charge on any atom is -0.493 e. The summed E-state index contributed by atoms with van der Waals surface area (Å²) in [5.74, 6) is 1.58. The Morgan fingerprint density at radius 3 is 2.26 bits per heavy atom. The summed E-state index contributed by atoms with van der Waals surface area (Å²) in [6.07, 6.45) is 0.770. The van der Waals surface area contributed by atoms with Gasteiger partial charge in [0.2, 0.25) is 0 Å². The molecule has 0 aliphatic carbocycles. The summed E-state index contributed by atoms with van der Waals surface area (Å²) in [6.45, 7) is 19.5. The van der Waals surface area contributed by atoms with Gasteiger partial charge in [-0.1, -0.05) is 48.0 Å². The highest BCUT2D eigenvalue weighted by molar-refractivity contribution is 5.90. The van der Waals surface area contributed by atoms with Gasteiger partial charge in [-0.3, -0.25) is 9.69 Å². The molecular weight excluding hydrogens is 444 g/mol. The van der Waals surface area contributed by atoms with E-state index in [9.17, 15) is 14.7 Å². The normalized spacial score (nSPS) is 12.3. The standard InChI is InChI=1S/C28H44N2O5/c1-10-11-14-34-24-22-15-20(35-17-19(2)3)12-13-21(22)25(31)29(18-27(4,5)6)23(24)16-30(26(32)33)28(7,8)9/h12-13,15,19H,10-11,14,16-18H2,1-9H3,(H,32,33). The smallest absolute Gasteiger partial charge is 0.408 e. The molecule has 35 heavy (non-hydrogen) atoms. The molecule has 1 N–H and O–H groups in total. The van der Waals surface area contributed by atoms with Crippen LogP contribution in [-0.2, 0) is 13.1 Å². The van der Waals surface area contributed by atoms with Crippen molar-refractivity contribution in [3.05, 3.63) is 34.2 Å². The van der Waals surface area contributed by atoms with Crippen molar-refractivity contribution in [2.45, 2.75) is 93.8 Å². The van der Waals surface area contributed by atoms with Crippen LogP contribution in [0.25, 0.3) is 10.8 Å². The molecule has 0 unspecified atom stereocenters. The molecule has 1 heterocycles. The minimum absolute atomic E-state index is 0.0403. The molecule has 196 valence electrons. The summed E-state index contributed by atoms with van der Waals surface area (Å²) in [5.41, 5.74) is -0.440. The maximum atomic E-state index is 13.8. The van der Waals surface area contributed by atoms with Crippen molar-refractivity contribution in [2.24, 2.45) is 11.3 Å². The van der Waals surface area contributed by atoms with Gasteiger partial charge in [-0.15, -0.1) is 0 Å². The Morgan fingerprint density at radius 2 is 1.74 bits per heavy atom. The quantitative estimate of drug-likeness (QED) is 0.384. The highest BCUT2D eigenvalue weighted by Gasteiger charge is 2.31. The van der Waals surface area contributed by atoms with Crippen LogP contribution in [0.5, 0.6) is 11.5 Å². The first-order chi connectivity index (χ1) is 16.2. The number of amides is 1. The van der Waals surface area contributed by atoms with Gasteiger partial charge >= 0.3 is 6.09 Å². The first-order valence-corrected chi connectivity index (χ1v) is 12.6. The highest BCUT2D eigenvalue weighted by Crippen LogP contribution is 2.34. The van der Waals surface area contributed by atoms with Crippen LogP contribution in [0.15, 0.2) is 23.0 Å². The number of hydrogen-bond acceptors (Lipinski definition) is 4. The number of pyridine rings is 1. The number of carbonyl (C=O) groups is 1. The van der Waals surface area contributed by atoms with E-state index in [1.54, 1.807) is 10.6 Å². The molecule has 2 aromatic rings. The second kappa shape index (κ2) is 11.4. The zero-order valence-electron chi connectivity index (χ0n) is 23.0. The number of hydrogen-bond donors (Lipinski definition) is 1. The Hall–Kier alpha value is -2.70.